The van der Waals surface area contributed by atoms with Crippen molar-refractivity contribution in [1.29, 1.82) is 5.26 Å². The van der Waals surface area contributed by atoms with E-state index in [2.05, 4.69) is 0 Å². The van der Waals surface area contributed by atoms with Crippen molar-refractivity contribution in [2.24, 2.45) is 0 Å². The van der Waals surface area contributed by atoms with E-state index < -0.39 is 9.84 Å². The second-order valence-corrected chi connectivity index (χ2v) is 5.78. The Labute approximate surface area is 105 Å². The molecule has 0 saturated heterocycles. The molecule has 94 valence electrons. The van der Waals surface area contributed by atoms with Crippen LogP contribution in [-0.4, -0.2) is 27.9 Å². The Hall–Kier alpha value is -2.00. The van der Waals surface area contributed by atoms with Gasteiger partial charge in [-0.25, -0.2) is 8.42 Å². The lowest BCUT2D eigenvalue weighted by Gasteiger charge is -2.18. The predicted octanol–water partition coefficient (Wildman–Crippen LogP) is 1.37. The van der Waals surface area contributed by atoms with Gasteiger partial charge in [0.25, 0.3) is 0 Å². The van der Waals surface area contributed by atoms with Crippen LogP contribution in [0, 0.1) is 11.3 Å². The highest BCUT2D eigenvalue weighted by Crippen LogP contribution is 2.31. The molecular weight excluding hydrogens is 254 g/mol. The molecule has 0 bridgehead atoms. The highest BCUT2D eigenvalue weighted by Gasteiger charge is 2.13. The van der Waals surface area contributed by atoms with Crippen molar-refractivity contribution in [2.45, 2.75) is 0 Å². The molecule has 1 aliphatic rings. The zero-order valence-electron chi connectivity index (χ0n) is 9.71. The minimum atomic E-state index is -3.51. The smallest absolute Gasteiger partial charge is 0.185 e. The number of nitriles is 1. The quantitative estimate of drug-likeness (QED) is 0.755. The van der Waals surface area contributed by atoms with E-state index in [1.807, 2.05) is 0 Å². The van der Waals surface area contributed by atoms with E-state index in [4.69, 9.17) is 14.7 Å². The van der Waals surface area contributed by atoms with Crippen LogP contribution >= 0.6 is 0 Å². The second kappa shape index (κ2) is 4.70. The van der Waals surface area contributed by atoms with Crippen LogP contribution in [-0.2, 0) is 9.84 Å². The normalized spacial score (nSPS) is 15.0. The Morgan fingerprint density at radius 2 is 2.00 bits per heavy atom. The third-order valence-corrected chi connectivity index (χ3v) is 3.38. The number of hydrogen-bond acceptors (Lipinski definition) is 5. The molecule has 6 heteroatoms. The number of allylic oxidation sites excluding steroid dienone is 1. The summed E-state index contributed by atoms with van der Waals surface area (Å²) in [6, 6.07) is 6.69. The predicted molar refractivity (Wildman–Crippen MR) is 65.9 cm³/mol. The summed E-state index contributed by atoms with van der Waals surface area (Å²) < 4.78 is 33.3. The van der Waals surface area contributed by atoms with Gasteiger partial charge in [0, 0.05) is 6.26 Å². The molecule has 1 aromatic carbocycles. The van der Waals surface area contributed by atoms with Crippen molar-refractivity contribution in [3.8, 4) is 17.6 Å². The van der Waals surface area contributed by atoms with Crippen molar-refractivity contribution >= 4 is 15.9 Å². The first-order chi connectivity index (χ1) is 8.50. The van der Waals surface area contributed by atoms with Crippen molar-refractivity contribution in [2.75, 3.05) is 19.5 Å². The van der Waals surface area contributed by atoms with E-state index in [9.17, 15) is 8.42 Å². The number of fused-ring (bicyclic) bond motifs is 1. The molecule has 0 saturated carbocycles. The highest BCUT2D eigenvalue weighted by atomic mass is 32.2. The summed E-state index contributed by atoms with van der Waals surface area (Å²) in [5, 5.41) is 8.81. The fourth-order valence-electron chi connectivity index (χ4n) is 1.52. The number of nitrogens with zero attached hydrogens (tertiary/aromatic N) is 1. The number of benzene rings is 1. The van der Waals surface area contributed by atoms with Gasteiger partial charge in [-0.2, -0.15) is 5.26 Å². The summed E-state index contributed by atoms with van der Waals surface area (Å²) in [5.74, 6) is 1.18. The molecule has 5 nitrogen and oxygen atoms in total. The summed E-state index contributed by atoms with van der Waals surface area (Å²) >= 11 is 0. The van der Waals surface area contributed by atoms with Crippen LogP contribution in [0.3, 0.4) is 0 Å². The molecule has 0 unspecified atom stereocenters. The maximum Gasteiger partial charge on any atom is 0.185 e. The second-order valence-electron chi connectivity index (χ2n) is 3.80. The Morgan fingerprint density at radius 3 is 2.61 bits per heavy atom. The third kappa shape index (κ3) is 2.63. The van der Waals surface area contributed by atoms with Crippen LogP contribution in [0.5, 0.6) is 11.5 Å². The number of hydrogen-bond donors (Lipinski definition) is 0. The molecule has 0 amide bonds. The molecule has 1 heterocycles. The summed E-state index contributed by atoms with van der Waals surface area (Å²) in [6.07, 6.45) is 2.31. The lowest BCUT2D eigenvalue weighted by atomic mass is 10.2. The summed E-state index contributed by atoms with van der Waals surface area (Å²) in [4.78, 5) is -0.279. The monoisotopic (exact) mass is 265 g/mol. The number of rotatable bonds is 2. The molecule has 1 aliphatic heterocycles. The zero-order valence-corrected chi connectivity index (χ0v) is 10.5. The van der Waals surface area contributed by atoms with Gasteiger partial charge in [-0.05, 0) is 23.8 Å². The van der Waals surface area contributed by atoms with E-state index in [0.29, 0.717) is 30.3 Å². The molecule has 0 aromatic heterocycles. The first-order valence-corrected chi connectivity index (χ1v) is 7.11. The summed E-state index contributed by atoms with van der Waals surface area (Å²) in [5.41, 5.74) is 0.584. The van der Waals surface area contributed by atoms with E-state index in [-0.39, 0.29) is 4.91 Å². The summed E-state index contributed by atoms with van der Waals surface area (Å²) in [7, 11) is -3.51. The van der Waals surface area contributed by atoms with E-state index in [1.54, 1.807) is 24.3 Å². The Kier molecular flexibility index (Phi) is 3.26. The van der Waals surface area contributed by atoms with Crippen LogP contribution in [0.4, 0.5) is 0 Å². The first-order valence-electron chi connectivity index (χ1n) is 5.22. The van der Waals surface area contributed by atoms with Gasteiger partial charge >= 0.3 is 0 Å². The third-order valence-electron chi connectivity index (χ3n) is 2.37. The fraction of sp³-hybridized carbons (Fsp3) is 0.250. The maximum atomic E-state index is 11.3. The first kappa shape index (κ1) is 12.5. The van der Waals surface area contributed by atoms with Gasteiger partial charge < -0.3 is 9.47 Å². The van der Waals surface area contributed by atoms with Crippen molar-refractivity contribution < 1.29 is 17.9 Å². The van der Waals surface area contributed by atoms with Crippen LogP contribution in [0.2, 0.25) is 0 Å². The molecular formula is C12H11NO4S. The molecule has 18 heavy (non-hydrogen) atoms. The topological polar surface area (TPSA) is 76.4 Å². The van der Waals surface area contributed by atoms with Crippen LogP contribution in [0.15, 0.2) is 23.1 Å². The van der Waals surface area contributed by atoms with Gasteiger partial charge in [-0.15, -0.1) is 0 Å². The molecule has 0 radical (unpaired) electrons. The van der Waals surface area contributed by atoms with Crippen LogP contribution in [0.1, 0.15) is 5.56 Å². The summed E-state index contributed by atoms with van der Waals surface area (Å²) in [6.45, 7) is 0.951. The fourth-order valence-corrected chi connectivity index (χ4v) is 2.04. The largest absolute Gasteiger partial charge is 0.486 e. The average Bonchev–Trinajstić information content (AvgIpc) is 2.34. The molecule has 0 aliphatic carbocycles. The van der Waals surface area contributed by atoms with Gasteiger partial charge in [0.05, 0.1) is 0 Å². The zero-order chi connectivity index (χ0) is 13.2. The van der Waals surface area contributed by atoms with E-state index >= 15 is 0 Å². The van der Waals surface area contributed by atoms with Crippen molar-refractivity contribution in [3.63, 3.8) is 0 Å². The van der Waals surface area contributed by atoms with Crippen molar-refractivity contribution in [3.05, 3.63) is 28.7 Å². The van der Waals surface area contributed by atoms with Crippen LogP contribution < -0.4 is 9.47 Å². The van der Waals surface area contributed by atoms with Gasteiger partial charge in [0.2, 0.25) is 0 Å². The Bertz CT molecular complexity index is 641. The molecule has 2 rings (SSSR count). The lowest BCUT2D eigenvalue weighted by molar-refractivity contribution is 0.171. The van der Waals surface area contributed by atoms with Gasteiger partial charge in [-0.1, -0.05) is 6.07 Å². The van der Waals surface area contributed by atoms with Crippen LogP contribution in [0.25, 0.3) is 6.08 Å². The molecule has 0 fully saturated rings. The average molecular weight is 265 g/mol. The number of ether oxygens (including phenoxy) is 2. The molecule has 0 spiro atoms. The SMILES string of the molecule is CS(=O)(=O)C(C#N)=Cc1ccc2c(c1)OCCO2. The minimum Gasteiger partial charge on any atom is -0.486 e. The lowest BCUT2D eigenvalue weighted by Crippen LogP contribution is -2.15. The molecule has 1 aromatic rings. The van der Waals surface area contributed by atoms with Gasteiger partial charge in [-0.3, -0.25) is 0 Å². The van der Waals surface area contributed by atoms with Crippen molar-refractivity contribution in [1.82, 2.24) is 0 Å². The minimum absolute atomic E-state index is 0.279. The van der Waals surface area contributed by atoms with E-state index in [0.717, 1.165) is 6.26 Å². The number of sulfone groups is 1. The molecule has 0 N–H and O–H groups in total. The molecule has 0 atom stereocenters. The van der Waals surface area contributed by atoms with Gasteiger partial charge in [0.15, 0.2) is 21.3 Å². The Morgan fingerprint density at radius 1 is 1.33 bits per heavy atom. The highest BCUT2D eigenvalue weighted by molar-refractivity contribution is 7.95. The Balaban J connectivity index is 2.41. The standard InChI is InChI=1S/C12H11NO4S/c1-18(14,15)10(8-13)6-9-2-3-11-12(7-9)17-5-4-16-11/h2-3,6-7H,4-5H2,1H3. The van der Waals surface area contributed by atoms with E-state index in [1.165, 1.54) is 6.08 Å². The maximum absolute atomic E-state index is 11.3. The van der Waals surface area contributed by atoms with Gasteiger partial charge in [0.1, 0.15) is 24.2 Å².